The third-order valence-corrected chi connectivity index (χ3v) is 3.44. The summed E-state index contributed by atoms with van der Waals surface area (Å²) in [6.07, 6.45) is 1.14. The van der Waals surface area contributed by atoms with Crippen LogP contribution in [-0.2, 0) is 4.74 Å². The molecule has 0 bridgehead atoms. The molecule has 0 aromatic heterocycles. The van der Waals surface area contributed by atoms with Crippen LogP contribution in [0.15, 0.2) is 28.7 Å². The molecule has 0 unspecified atom stereocenters. The van der Waals surface area contributed by atoms with Gasteiger partial charge in [-0.15, -0.1) is 0 Å². The first kappa shape index (κ1) is 15.7. The summed E-state index contributed by atoms with van der Waals surface area (Å²) >= 11 is 3.45. The van der Waals surface area contributed by atoms with Crippen LogP contribution in [-0.4, -0.2) is 19.8 Å². The van der Waals surface area contributed by atoms with E-state index in [0.29, 0.717) is 6.04 Å². The third kappa shape index (κ3) is 6.53. The molecular weight excluding hydrogens is 290 g/mol. The largest absolute Gasteiger partial charge is 0.380 e. The Labute approximate surface area is 119 Å². The van der Waals surface area contributed by atoms with E-state index in [0.717, 1.165) is 36.6 Å². The molecule has 102 valence electrons. The van der Waals surface area contributed by atoms with Crippen LogP contribution in [0.1, 0.15) is 38.8 Å². The molecule has 1 N–H and O–H groups in total. The Morgan fingerprint density at radius 2 is 1.78 bits per heavy atom. The quantitative estimate of drug-likeness (QED) is 0.727. The van der Waals surface area contributed by atoms with Gasteiger partial charge in [-0.25, -0.2) is 0 Å². The fourth-order valence-corrected chi connectivity index (χ4v) is 1.90. The average molecular weight is 314 g/mol. The number of nitrogens with one attached hydrogen (secondary N) is 1. The lowest BCUT2D eigenvalue weighted by molar-refractivity contribution is 0.123. The molecule has 2 nitrogen and oxygen atoms in total. The number of benzene rings is 1. The van der Waals surface area contributed by atoms with Gasteiger partial charge in [0.05, 0.1) is 6.61 Å². The van der Waals surface area contributed by atoms with Crippen LogP contribution in [0.2, 0.25) is 0 Å². The monoisotopic (exact) mass is 313 g/mol. The summed E-state index contributed by atoms with van der Waals surface area (Å²) < 4.78 is 6.70. The molecule has 0 saturated heterocycles. The lowest BCUT2D eigenvalue weighted by Crippen LogP contribution is -2.23. The molecule has 0 fully saturated rings. The van der Waals surface area contributed by atoms with Gasteiger partial charge in [0.25, 0.3) is 0 Å². The molecule has 0 heterocycles. The number of hydrogen-bond donors (Lipinski definition) is 1. The molecule has 3 heteroatoms. The smallest absolute Gasteiger partial charge is 0.0591 e. The van der Waals surface area contributed by atoms with E-state index < -0.39 is 0 Å². The van der Waals surface area contributed by atoms with E-state index in [-0.39, 0.29) is 0 Å². The van der Waals surface area contributed by atoms with E-state index in [9.17, 15) is 0 Å². The molecule has 0 aliphatic heterocycles. The summed E-state index contributed by atoms with van der Waals surface area (Å²) in [7, 11) is 0. The molecule has 1 atom stereocenters. The second-order valence-electron chi connectivity index (χ2n) is 5.02. The van der Waals surface area contributed by atoms with Crippen LogP contribution >= 0.6 is 15.9 Å². The van der Waals surface area contributed by atoms with Crippen molar-refractivity contribution in [1.29, 1.82) is 0 Å². The number of halogens is 1. The Morgan fingerprint density at radius 3 is 2.39 bits per heavy atom. The fraction of sp³-hybridized carbons (Fsp3) is 0.600. The van der Waals surface area contributed by atoms with Gasteiger partial charge in [-0.2, -0.15) is 0 Å². The Hall–Kier alpha value is -0.380. The predicted molar refractivity (Wildman–Crippen MR) is 80.8 cm³/mol. The van der Waals surface area contributed by atoms with Crippen LogP contribution in [0.25, 0.3) is 0 Å². The summed E-state index contributed by atoms with van der Waals surface area (Å²) in [5, 5.41) is 3.47. The molecule has 1 aromatic carbocycles. The van der Waals surface area contributed by atoms with Crippen molar-refractivity contribution in [2.75, 3.05) is 19.8 Å². The number of hydrogen-bond acceptors (Lipinski definition) is 2. The summed E-state index contributed by atoms with van der Waals surface area (Å²) in [4.78, 5) is 0. The van der Waals surface area contributed by atoms with Crippen LogP contribution in [0, 0.1) is 5.92 Å². The van der Waals surface area contributed by atoms with Crippen molar-refractivity contribution in [1.82, 2.24) is 5.32 Å². The van der Waals surface area contributed by atoms with Crippen LogP contribution < -0.4 is 5.32 Å². The second-order valence-corrected chi connectivity index (χ2v) is 5.94. The minimum Gasteiger partial charge on any atom is -0.380 e. The van der Waals surface area contributed by atoms with E-state index in [1.807, 2.05) is 0 Å². The van der Waals surface area contributed by atoms with E-state index in [2.05, 4.69) is 66.3 Å². The van der Waals surface area contributed by atoms with Gasteiger partial charge in [0.15, 0.2) is 0 Å². The normalized spacial score (nSPS) is 12.9. The zero-order chi connectivity index (χ0) is 13.4. The lowest BCUT2D eigenvalue weighted by atomic mass is 10.1. The maximum absolute atomic E-state index is 5.58. The summed E-state index contributed by atoms with van der Waals surface area (Å²) in [5.41, 5.74) is 1.31. The van der Waals surface area contributed by atoms with E-state index in [1.165, 1.54) is 5.56 Å². The van der Waals surface area contributed by atoms with Gasteiger partial charge in [-0.3, -0.25) is 0 Å². The summed E-state index contributed by atoms with van der Waals surface area (Å²) in [6.45, 7) is 9.17. The SMILES string of the molecule is CC(C)CCOCCN[C@@H](C)c1ccc(Br)cc1. The molecule has 0 amide bonds. The lowest BCUT2D eigenvalue weighted by Gasteiger charge is -2.14. The highest BCUT2D eigenvalue weighted by Crippen LogP contribution is 2.16. The minimum absolute atomic E-state index is 0.367. The van der Waals surface area contributed by atoms with E-state index >= 15 is 0 Å². The summed E-state index contributed by atoms with van der Waals surface area (Å²) in [5.74, 6) is 0.722. The number of rotatable bonds is 8. The fourth-order valence-electron chi connectivity index (χ4n) is 1.64. The van der Waals surface area contributed by atoms with Crippen molar-refractivity contribution in [3.63, 3.8) is 0 Å². The zero-order valence-electron chi connectivity index (χ0n) is 11.6. The van der Waals surface area contributed by atoms with Crippen LogP contribution in [0.3, 0.4) is 0 Å². The molecule has 0 spiro atoms. The summed E-state index contributed by atoms with van der Waals surface area (Å²) in [6, 6.07) is 8.80. The molecule has 0 aliphatic carbocycles. The van der Waals surface area contributed by atoms with Crippen LogP contribution in [0.4, 0.5) is 0 Å². The van der Waals surface area contributed by atoms with Gasteiger partial charge in [-0.1, -0.05) is 41.9 Å². The molecule has 0 saturated carbocycles. The molecule has 1 rings (SSSR count). The Morgan fingerprint density at radius 1 is 1.11 bits per heavy atom. The second kappa shape index (κ2) is 8.68. The molecule has 0 aliphatic rings. The highest BCUT2D eigenvalue weighted by molar-refractivity contribution is 9.10. The first-order chi connectivity index (χ1) is 8.59. The van der Waals surface area contributed by atoms with Crippen molar-refractivity contribution < 1.29 is 4.74 Å². The maximum Gasteiger partial charge on any atom is 0.0591 e. The molecule has 18 heavy (non-hydrogen) atoms. The Balaban J connectivity index is 2.13. The number of ether oxygens (including phenoxy) is 1. The van der Waals surface area contributed by atoms with Gasteiger partial charge in [0, 0.05) is 23.7 Å². The van der Waals surface area contributed by atoms with Gasteiger partial charge in [-0.05, 0) is 37.0 Å². The van der Waals surface area contributed by atoms with E-state index in [1.54, 1.807) is 0 Å². The van der Waals surface area contributed by atoms with Gasteiger partial charge >= 0.3 is 0 Å². The van der Waals surface area contributed by atoms with Gasteiger partial charge < -0.3 is 10.1 Å². The maximum atomic E-state index is 5.58. The van der Waals surface area contributed by atoms with Gasteiger partial charge in [0.1, 0.15) is 0 Å². The molecule has 1 aromatic rings. The highest BCUT2D eigenvalue weighted by Gasteiger charge is 2.03. The van der Waals surface area contributed by atoms with E-state index in [4.69, 9.17) is 4.74 Å². The predicted octanol–water partition coefficient (Wildman–Crippen LogP) is 4.16. The zero-order valence-corrected chi connectivity index (χ0v) is 13.2. The first-order valence-electron chi connectivity index (χ1n) is 6.66. The van der Waals surface area contributed by atoms with Crippen molar-refractivity contribution >= 4 is 15.9 Å². The Kier molecular flexibility index (Phi) is 7.56. The van der Waals surface area contributed by atoms with Crippen molar-refractivity contribution in [3.05, 3.63) is 34.3 Å². The standard InChI is InChI=1S/C15H24BrNO/c1-12(2)8-10-18-11-9-17-13(3)14-4-6-15(16)7-5-14/h4-7,12-13,17H,8-11H2,1-3H3/t13-/m0/s1. The molecule has 0 radical (unpaired) electrons. The minimum atomic E-state index is 0.367. The molecular formula is C15H24BrNO. The first-order valence-corrected chi connectivity index (χ1v) is 7.45. The van der Waals surface area contributed by atoms with Crippen molar-refractivity contribution in [2.45, 2.75) is 33.2 Å². The van der Waals surface area contributed by atoms with Crippen molar-refractivity contribution in [3.8, 4) is 0 Å². The highest BCUT2D eigenvalue weighted by atomic mass is 79.9. The van der Waals surface area contributed by atoms with Crippen molar-refractivity contribution in [2.24, 2.45) is 5.92 Å². The Bertz CT molecular complexity index is 324. The average Bonchev–Trinajstić information content (AvgIpc) is 2.34. The van der Waals surface area contributed by atoms with Crippen LogP contribution in [0.5, 0.6) is 0 Å². The third-order valence-electron chi connectivity index (χ3n) is 2.91. The topological polar surface area (TPSA) is 21.3 Å². The van der Waals surface area contributed by atoms with Gasteiger partial charge in [0.2, 0.25) is 0 Å².